The molecule has 0 aliphatic rings. The van der Waals surface area contributed by atoms with Gasteiger partial charge in [0.15, 0.2) is 0 Å². The predicted molar refractivity (Wildman–Crippen MR) is 63.9 cm³/mol. The van der Waals surface area contributed by atoms with Crippen LogP contribution < -0.4 is 0 Å². The average molecular weight is 259 g/mol. The number of rotatable bonds is 5. The highest BCUT2D eigenvalue weighted by Gasteiger charge is 2.04. The van der Waals surface area contributed by atoms with Crippen LogP contribution in [-0.4, -0.2) is 14.6 Å². The number of alkyl halides is 1. The Balaban J connectivity index is 2.45. The second-order valence-electron chi connectivity index (χ2n) is 3.78. The molecule has 0 fully saturated rings. The summed E-state index contributed by atoms with van der Waals surface area (Å²) in [6, 6.07) is 2.22. The van der Waals surface area contributed by atoms with Crippen LogP contribution in [0.5, 0.6) is 0 Å². The second-order valence-corrected chi connectivity index (χ2v) is 5.34. The number of hydrogen-bond acceptors (Lipinski definition) is 1. The first-order valence-electron chi connectivity index (χ1n) is 5.29. The van der Waals surface area contributed by atoms with Gasteiger partial charge in [-0.1, -0.05) is 29.8 Å². The van der Waals surface area contributed by atoms with Crippen LogP contribution in [0.3, 0.4) is 0 Å². The van der Waals surface area contributed by atoms with E-state index in [1.165, 1.54) is 24.2 Å². The van der Waals surface area contributed by atoms with E-state index in [0.717, 1.165) is 12.8 Å². The third-order valence-corrected chi connectivity index (χ3v) is 2.88. The quantitative estimate of drug-likeness (QED) is 0.743. The van der Waals surface area contributed by atoms with Gasteiger partial charge in [0.25, 0.3) is 0 Å². The molecule has 0 saturated carbocycles. The molecule has 0 bridgehead atoms. The molecule has 1 aromatic heterocycles. The van der Waals surface area contributed by atoms with E-state index in [2.05, 4.69) is 40.9 Å². The van der Waals surface area contributed by atoms with Gasteiger partial charge in [-0.3, -0.25) is 4.68 Å². The summed E-state index contributed by atoms with van der Waals surface area (Å²) in [4.78, 5) is 0.626. The van der Waals surface area contributed by atoms with Gasteiger partial charge in [-0.2, -0.15) is 5.10 Å². The standard InChI is InChI=1S/C11H19BrN2/c1-4-10-8-11(14(3)13-10)7-5-6-9(2)12/h8-9H,4-7H2,1-3H3. The van der Waals surface area contributed by atoms with E-state index >= 15 is 0 Å². The maximum Gasteiger partial charge on any atom is 0.0624 e. The molecule has 0 saturated heterocycles. The summed E-state index contributed by atoms with van der Waals surface area (Å²) >= 11 is 3.56. The molecule has 0 aromatic carbocycles. The SMILES string of the molecule is CCc1cc(CCCC(C)Br)n(C)n1. The van der Waals surface area contributed by atoms with Gasteiger partial charge >= 0.3 is 0 Å². The molecule has 0 aliphatic heterocycles. The summed E-state index contributed by atoms with van der Waals surface area (Å²) < 4.78 is 2.01. The molecule has 1 rings (SSSR count). The average Bonchev–Trinajstić information content (AvgIpc) is 2.47. The number of aryl methyl sites for hydroxylation is 3. The molecular weight excluding hydrogens is 240 g/mol. The van der Waals surface area contributed by atoms with Crippen molar-refractivity contribution in [1.29, 1.82) is 0 Å². The normalized spacial score (nSPS) is 13.1. The van der Waals surface area contributed by atoms with E-state index in [1.807, 2.05) is 11.7 Å². The van der Waals surface area contributed by atoms with Gasteiger partial charge in [-0.15, -0.1) is 0 Å². The lowest BCUT2D eigenvalue weighted by Crippen LogP contribution is -1.99. The molecule has 14 heavy (non-hydrogen) atoms. The van der Waals surface area contributed by atoms with Crippen LogP contribution >= 0.6 is 15.9 Å². The van der Waals surface area contributed by atoms with Gasteiger partial charge in [-0.25, -0.2) is 0 Å². The Morgan fingerprint density at radius 3 is 2.79 bits per heavy atom. The molecular formula is C11H19BrN2. The first kappa shape index (κ1) is 11.8. The molecule has 2 nitrogen and oxygen atoms in total. The minimum atomic E-state index is 0.626. The topological polar surface area (TPSA) is 17.8 Å². The highest BCUT2D eigenvalue weighted by molar-refractivity contribution is 9.09. The minimum Gasteiger partial charge on any atom is -0.272 e. The Hall–Kier alpha value is -0.310. The van der Waals surface area contributed by atoms with Crippen LogP contribution in [0, 0.1) is 0 Å². The zero-order chi connectivity index (χ0) is 10.6. The fraction of sp³-hybridized carbons (Fsp3) is 0.727. The van der Waals surface area contributed by atoms with Gasteiger partial charge in [0.05, 0.1) is 5.69 Å². The van der Waals surface area contributed by atoms with Crippen LogP contribution in [0.2, 0.25) is 0 Å². The molecule has 0 radical (unpaired) electrons. The third-order valence-electron chi connectivity index (χ3n) is 2.42. The minimum absolute atomic E-state index is 0.626. The van der Waals surface area contributed by atoms with Crippen LogP contribution in [0.1, 0.15) is 38.1 Å². The van der Waals surface area contributed by atoms with Gasteiger partial charge in [-0.05, 0) is 31.7 Å². The van der Waals surface area contributed by atoms with Crippen LogP contribution in [0.15, 0.2) is 6.07 Å². The van der Waals surface area contributed by atoms with Crippen molar-refractivity contribution in [3.05, 3.63) is 17.5 Å². The molecule has 1 unspecified atom stereocenters. The molecule has 3 heteroatoms. The lowest BCUT2D eigenvalue weighted by atomic mass is 10.1. The van der Waals surface area contributed by atoms with Crippen molar-refractivity contribution < 1.29 is 0 Å². The highest BCUT2D eigenvalue weighted by Crippen LogP contribution is 2.12. The van der Waals surface area contributed by atoms with Crippen LogP contribution in [0.4, 0.5) is 0 Å². The lowest BCUT2D eigenvalue weighted by Gasteiger charge is -2.03. The molecule has 0 N–H and O–H groups in total. The molecule has 0 spiro atoms. The monoisotopic (exact) mass is 258 g/mol. The Morgan fingerprint density at radius 1 is 1.57 bits per heavy atom. The molecule has 1 aromatic rings. The van der Waals surface area contributed by atoms with E-state index in [-0.39, 0.29) is 0 Å². The fourth-order valence-electron chi connectivity index (χ4n) is 1.54. The molecule has 0 amide bonds. The Kier molecular flexibility index (Phi) is 4.66. The van der Waals surface area contributed by atoms with Crippen LogP contribution in [-0.2, 0) is 19.9 Å². The maximum atomic E-state index is 4.43. The molecule has 1 atom stereocenters. The highest BCUT2D eigenvalue weighted by atomic mass is 79.9. The van der Waals surface area contributed by atoms with Crippen molar-refractivity contribution in [2.45, 2.75) is 44.4 Å². The summed E-state index contributed by atoms with van der Waals surface area (Å²) in [5, 5.41) is 4.43. The van der Waals surface area contributed by atoms with Crippen molar-refractivity contribution in [2.75, 3.05) is 0 Å². The number of halogens is 1. The van der Waals surface area contributed by atoms with Gasteiger partial charge in [0.1, 0.15) is 0 Å². The van der Waals surface area contributed by atoms with E-state index < -0.39 is 0 Å². The summed E-state index contributed by atoms with van der Waals surface area (Å²) in [6.07, 6.45) is 4.63. The first-order chi connectivity index (χ1) is 6.63. The predicted octanol–water partition coefficient (Wildman–Crippen LogP) is 3.09. The summed E-state index contributed by atoms with van der Waals surface area (Å²) in [5.41, 5.74) is 2.56. The number of nitrogens with zero attached hydrogens (tertiary/aromatic N) is 2. The van der Waals surface area contributed by atoms with E-state index in [4.69, 9.17) is 0 Å². The van der Waals surface area contributed by atoms with E-state index in [0.29, 0.717) is 4.83 Å². The maximum absolute atomic E-state index is 4.43. The first-order valence-corrected chi connectivity index (χ1v) is 6.21. The third kappa shape index (κ3) is 3.45. The zero-order valence-corrected chi connectivity index (χ0v) is 10.8. The van der Waals surface area contributed by atoms with E-state index in [1.54, 1.807) is 0 Å². The number of hydrogen-bond donors (Lipinski definition) is 0. The van der Waals surface area contributed by atoms with Crippen LogP contribution in [0.25, 0.3) is 0 Å². The van der Waals surface area contributed by atoms with Crippen molar-refractivity contribution >= 4 is 15.9 Å². The van der Waals surface area contributed by atoms with Crippen molar-refractivity contribution in [2.24, 2.45) is 7.05 Å². The lowest BCUT2D eigenvalue weighted by molar-refractivity contribution is 0.656. The molecule has 1 heterocycles. The molecule has 0 aliphatic carbocycles. The smallest absolute Gasteiger partial charge is 0.0624 e. The number of aromatic nitrogens is 2. The van der Waals surface area contributed by atoms with Crippen molar-refractivity contribution in [3.8, 4) is 0 Å². The molecule has 80 valence electrons. The second kappa shape index (κ2) is 5.54. The summed E-state index contributed by atoms with van der Waals surface area (Å²) in [7, 11) is 2.03. The van der Waals surface area contributed by atoms with Gasteiger partial charge < -0.3 is 0 Å². The van der Waals surface area contributed by atoms with Gasteiger partial charge in [0, 0.05) is 17.6 Å². The van der Waals surface area contributed by atoms with Crippen molar-refractivity contribution in [3.63, 3.8) is 0 Å². The van der Waals surface area contributed by atoms with Gasteiger partial charge in [0.2, 0.25) is 0 Å². The Morgan fingerprint density at radius 2 is 2.29 bits per heavy atom. The summed E-state index contributed by atoms with van der Waals surface area (Å²) in [6.45, 7) is 4.34. The fourth-order valence-corrected chi connectivity index (χ4v) is 1.87. The largest absolute Gasteiger partial charge is 0.272 e. The van der Waals surface area contributed by atoms with Crippen molar-refractivity contribution in [1.82, 2.24) is 9.78 Å². The van der Waals surface area contributed by atoms with E-state index in [9.17, 15) is 0 Å². The summed E-state index contributed by atoms with van der Waals surface area (Å²) in [5.74, 6) is 0. The Bertz CT molecular complexity index is 279. The zero-order valence-electron chi connectivity index (χ0n) is 9.26. The Labute approximate surface area is 94.8 Å².